The standard InChI is InChI=1S/C15H15IN2O2/c1-2-11-3-5-12(6-4-11)10-17-15-8-7-13(18(19)20)9-14(15)16/h3-9,17H,2,10H2,1H3. The Balaban J connectivity index is 2.04. The number of nitrogens with one attached hydrogen (secondary N) is 1. The fourth-order valence-corrected chi connectivity index (χ4v) is 2.54. The van der Waals surface area contributed by atoms with Crippen molar-refractivity contribution in [2.45, 2.75) is 19.9 Å². The highest BCUT2D eigenvalue weighted by atomic mass is 127. The minimum Gasteiger partial charge on any atom is -0.380 e. The van der Waals surface area contributed by atoms with Crippen LogP contribution in [0.5, 0.6) is 0 Å². The number of rotatable bonds is 5. The third-order valence-corrected chi connectivity index (χ3v) is 3.97. The van der Waals surface area contributed by atoms with Gasteiger partial charge in [-0.25, -0.2) is 0 Å². The highest BCUT2D eigenvalue weighted by Gasteiger charge is 2.08. The second-order valence-electron chi connectivity index (χ2n) is 4.44. The average Bonchev–Trinajstić information content (AvgIpc) is 2.46. The lowest BCUT2D eigenvalue weighted by Crippen LogP contribution is -2.01. The molecule has 1 N–H and O–H groups in total. The molecule has 2 aromatic rings. The van der Waals surface area contributed by atoms with Crippen LogP contribution < -0.4 is 5.32 Å². The highest BCUT2D eigenvalue weighted by Crippen LogP contribution is 2.24. The summed E-state index contributed by atoms with van der Waals surface area (Å²) in [5.41, 5.74) is 3.54. The number of aryl methyl sites for hydroxylation is 1. The molecule has 0 aliphatic rings. The highest BCUT2D eigenvalue weighted by molar-refractivity contribution is 14.1. The van der Waals surface area contributed by atoms with E-state index >= 15 is 0 Å². The van der Waals surface area contributed by atoms with Crippen LogP contribution in [0.3, 0.4) is 0 Å². The van der Waals surface area contributed by atoms with Gasteiger partial charge in [-0.1, -0.05) is 31.2 Å². The van der Waals surface area contributed by atoms with Crippen molar-refractivity contribution in [3.8, 4) is 0 Å². The normalized spacial score (nSPS) is 10.3. The Labute approximate surface area is 131 Å². The Kier molecular flexibility index (Phi) is 4.94. The third-order valence-electron chi connectivity index (χ3n) is 3.08. The Morgan fingerprint density at radius 2 is 1.80 bits per heavy atom. The molecule has 0 fully saturated rings. The van der Waals surface area contributed by atoms with E-state index < -0.39 is 0 Å². The molecule has 0 saturated heterocycles. The van der Waals surface area contributed by atoms with E-state index in [0.29, 0.717) is 6.54 Å². The summed E-state index contributed by atoms with van der Waals surface area (Å²) >= 11 is 2.11. The molecule has 104 valence electrons. The minimum atomic E-state index is -0.380. The first-order valence-electron chi connectivity index (χ1n) is 6.35. The number of benzene rings is 2. The van der Waals surface area contributed by atoms with E-state index in [1.54, 1.807) is 12.1 Å². The van der Waals surface area contributed by atoms with Crippen LogP contribution in [0.4, 0.5) is 11.4 Å². The van der Waals surface area contributed by atoms with Gasteiger partial charge < -0.3 is 5.32 Å². The summed E-state index contributed by atoms with van der Waals surface area (Å²) in [7, 11) is 0. The Morgan fingerprint density at radius 1 is 1.15 bits per heavy atom. The topological polar surface area (TPSA) is 55.2 Å². The van der Waals surface area contributed by atoms with Crippen molar-refractivity contribution in [2.75, 3.05) is 5.32 Å². The van der Waals surface area contributed by atoms with Crippen molar-refractivity contribution in [1.29, 1.82) is 0 Å². The molecule has 2 rings (SSSR count). The van der Waals surface area contributed by atoms with E-state index in [0.717, 1.165) is 15.7 Å². The summed E-state index contributed by atoms with van der Waals surface area (Å²) in [4.78, 5) is 10.3. The molecule has 0 atom stereocenters. The van der Waals surface area contributed by atoms with Crippen LogP contribution in [-0.2, 0) is 13.0 Å². The molecule has 20 heavy (non-hydrogen) atoms. The summed E-state index contributed by atoms with van der Waals surface area (Å²) in [5.74, 6) is 0. The predicted molar refractivity (Wildman–Crippen MR) is 89.0 cm³/mol. The lowest BCUT2D eigenvalue weighted by atomic mass is 10.1. The molecule has 4 nitrogen and oxygen atoms in total. The summed E-state index contributed by atoms with van der Waals surface area (Å²) in [6, 6.07) is 13.3. The zero-order chi connectivity index (χ0) is 14.5. The van der Waals surface area contributed by atoms with E-state index in [-0.39, 0.29) is 10.6 Å². The van der Waals surface area contributed by atoms with Gasteiger partial charge in [-0.05, 0) is 46.2 Å². The number of halogens is 1. The van der Waals surface area contributed by atoms with Crippen molar-refractivity contribution in [1.82, 2.24) is 0 Å². The average molecular weight is 382 g/mol. The molecule has 0 aliphatic heterocycles. The number of non-ortho nitro benzene ring substituents is 1. The van der Waals surface area contributed by atoms with Gasteiger partial charge in [0.2, 0.25) is 0 Å². The van der Waals surface area contributed by atoms with E-state index in [1.165, 1.54) is 17.2 Å². The van der Waals surface area contributed by atoms with Gasteiger partial charge in [-0.2, -0.15) is 0 Å². The molecule has 0 unspecified atom stereocenters. The quantitative estimate of drug-likeness (QED) is 0.475. The van der Waals surface area contributed by atoms with Gasteiger partial charge in [0.15, 0.2) is 0 Å². The maximum absolute atomic E-state index is 10.7. The molecule has 5 heteroatoms. The molecule has 0 radical (unpaired) electrons. The summed E-state index contributed by atoms with van der Waals surface area (Å²) in [5, 5.41) is 14.0. The van der Waals surface area contributed by atoms with Crippen LogP contribution in [0.25, 0.3) is 0 Å². The van der Waals surface area contributed by atoms with Gasteiger partial charge in [-0.15, -0.1) is 0 Å². The number of anilines is 1. The molecule has 0 aromatic heterocycles. The SMILES string of the molecule is CCc1ccc(CNc2ccc([N+](=O)[O-])cc2I)cc1. The Bertz CT molecular complexity index is 612. The largest absolute Gasteiger partial charge is 0.380 e. The van der Waals surface area contributed by atoms with Gasteiger partial charge in [0.05, 0.1) is 4.92 Å². The van der Waals surface area contributed by atoms with Crippen molar-refractivity contribution in [2.24, 2.45) is 0 Å². The second-order valence-corrected chi connectivity index (χ2v) is 5.61. The van der Waals surface area contributed by atoms with Crippen molar-refractivity contribution in [3.63, 3.8) is 0 Å². The number of hydrogen-bond donors (Lipinski definition) is 1. The van der Waals surface area contributed by atoms with Gasteiger partial charge in [0.25, 0.3) is 5.69 Å². The molecule has 0 bridgehead atoms. The van der Waals surface area contributed by atoms with Crippen molar-refractivity contribution < 1.29 is 4.92 Å². The van der Waals surface area contributed by atoms with Gasteiger partial charge >= 0.3 is 0 Å². The van der Waals surface area contributed by atoms with Crippen LogP contribution in [0, 0.1) is 13.7 Å². The number of hydrogen-bond acceptors (Lipinski definition) is 3. The number of nitro groups is 1. The monoisotopic (exact) mass is 382 g/mol. The van der Waals surface area contributed by atoms with Crippen molar-refractivity contribution >= 4 is 34.0 Å². The van der Waals surface area contributed by atoms with Crippen LogP contribution in [0.15, 0.2) is 42.5 Å². The molecule has 0 aliphatic carbocycles. The molecule has 0 spiro atoms. The van der Waals surface area contributed by atoms with Crippen LogP contribution in [0.2, 0.25) is 0 Å². The maximum atomic E-state index is 10.7. The Hall–Kier alpha value is -1.63. The lowest BCUT2D eigenvalue weighted by Gasteiger charge is -2.09. The van der Waals surface area contributed by atoms with E-state index in [2.05, 4.69) is 59.1 Å². The molecule has 0 saturated carbocycles. The van der Waals surface area contributed by atoms with Crippen molar-refractivity contribution in [3.05, 3.63) is 67.3 Å². The first-order chi connectivity index (χ1) is 9.60. The summed E-state index contributed by atoms with van der Waals surface area (Å²) in [6.07, 6.45) is 1.04. The smallest absolute Gasteiger partial charge is 0.270 e. The van der Waals surface area contributed by atoms with Gasteiger partial charge in [0.1, 0.15) is 0 Å². The first-order valence-corrected chi connectivity index (χ1v) is 7.43. The predicted octanol–water partition coefficient (Wildman–Crippen LogP) is 4.37. The van der Waals surface area contributed by atoms with Crippen LogP contribution in [-0.4, -0.2) is 4.92 Å². The van der Waals surface area contributed by atoms with Crippen LogP contribution >= 0.6 is 22.6 Å². The van der Waals surface area contributed by atoms with Crippen LogP contribution in [0.1, 0.15) is 18.1 Å². The molecule has 2 aromatic carbocycles. The van der Waals surface area contributed by atoms with Gasteiger partial charge in [-0.3, -0.25) is 10.1 Å². The maximum Gasteiger partial charge on any atom is 0.270 e. The number of nitrogens with zero attached hydrogens (tertiary/aromatic N) is 1. The fourth-order valence-electron chi connectivity index (χ4n) is 1.85. The Morgan fingerprint density at radius 3 is 2.35 bits per heavy atom. The third kappa shape index (κ3) is 3.69. The molecule has 0 amide bonds. The molecular formula is C15H15IN2O2. The fraction of sp³-hybridized carbons (Fsp3) is 0.200. The number of nitro benzene ring substituents is 1. The first kappa shape index (κ1) is 14.8. The van der Waals surface area contributed by atoms with Gasteiger partial charge in [0, 0.05) is 27.9 Å². The van der Waals surface area contributed by atoms with E-state index in [1.807, 2.05) is 0 Å². The zero-order valence-electron chi connectivity index (χ0n) is 11.1. The second kappa shape index (κ2) is 6.69. The zero-order valence-corrected chi connectivity index (χ0v) is 13.3. The van der Waals surface area contributed by atoms with E-state index in [9.17, 15) is 10.1 Å². The molecule has 0 heterocycles. The lowest BCUT2D eigenvalue weighted by molar-refractivity contribution is -0.384. The van der Waals surface area contributed by atoms with E-state index in [4.69, 9.17) is 0 Å². The summed E-state index contributed by atoms with van der Waals surface area (Å²) < 4.78 is 0.849. The molecular weight excluding hydrogens is 367 g/mol. The summed E-state index contributed by atoms with van der Waals surface area (Å²) in [6.45, 7) is 2.84. The minimum absolute atomic E-state index is 0.118.